The summed E-state index contributed by atoms with van der Waals surface area (Å²) >= 11 is 6.93. The molecule has 0 saturated carbocycles. The summed E-state index contributed by atoms with van der Waals surface area (Å²) in [6.07, 6.45) is 10.8. The first kappa shape index (κ1) is 50.4. The van der Waals surface area contributed by atoms with Crippen molar-refractivity contribution in [2.75, 3.05) is 34.4 Å². The van der Waals surface area contributed by atoms with Gasteiger partial charge in [-0.05, 0) is 93.9 Å². The number of aliphatic carboxylic acids is 2. The maximum Gasteiger partial charge on any atom is 0.331 e. The molecule has 4 aromatic carbocycles. The number of hydrogen-bond acceptors (Lipinski definition) is 10. The van der Waals surface area contributed by atoms with E-state index in [9.17, 15) is 26.4 Å². The van der Waals surface area contributed by atoms with Crippen molar-refractivity contribution < 1.29 is 46.1 Å². The van der Waals surface area contributed by atoms with Crippen LogP contribution in [0.25, 0.3) is 0 Å². The van der Waals surface area contributed by atoms with Crippen molar-refractivity contribution >= 4 is 86.2 Å². The molecule has 2 atom stereocenters. The molecule has 0 saturated heterocycles. The lowest BCUT2D eigenvalue weighted by Crippen LogP contribution is -2.37. The number of halogens is 2. The van der Waals surface area contributed by atoms with Gasteiger partial charge in [-0.25, -0.2) is 26.4 Å². The molecule has 6 rings (SSSR count). The molecule has 0 bridgehead atoms. The van der Waals surface area contributed by atoms with E-state index in [0.29, 0.717) is 33.4 Å². The lowest BCUT2D eigenvalue weighted by Gasteiger charge is -2.36. The number of unbranched alkanes of at least 4 members (excludes halogenated alkanes) is 2. The molecular weight excluding hydrogens is 988 g/mol. The Bertz CT molecular complexity index is 2380. The Hall–Kier alpha value is -4.64. The van der Waals surface area contributed by atoms with Crippen molar-refractivity contribution in [3.05, 3.63) is 119 Å². The molecule has 0 aliphatic carbocycles. The quantitative estimate of drug-likeness (QED) is 0.0806. The number of nitrogens with zero attached hydrogens (tertiary/aromatic N) is 2. The van der Waals surface area contributed by atoms with Crippen LogP contribution in [0, 0.1) is 10.8 Å². The summed E-state index contributed by atoms with van der Waals surface area (Å²) in [7, 11) is -7.27. The SMILES string of the molecule is CCCC[C@@]1(CC)CN(c2ccccc2)c2cc(Br)c(O/C=C/C(=O)O)cc2S(=O)(=O)C1.CCCC[C@]1(CC)CN(c2ccccc2)c2cc(Br)c(O/C=C/C(=O)O)cc2S(=O)(=O)C1. The van der Waals surface area contributed by atoms with E-state index >= 15 is 0 Å². The van der Waals surface area contributed by atoms with Crippen LogP contribution in [0.4, 0.5) is 22.7 Å². The fourth-order valence-electron chi connectivity index (χ4n) is 8.24. The fourth-order valence-corrected chi connectivity index (χ4v) is 13.4. The number of ether oxygens (including phenoxy) is 2. The van der Waals surface area contributed by atoms with Crippen LogP contribution in [-0.2, 0) is 29.3 Å². The minimum atomic E-state index is -3.63. The number of carbonyl (C=O) groups is 2. The summed E-state index contributed by atoms with van der Waals surface area (Å²) in [6, 6.07) is 26.0. The number of fused-ring (bicyclic) bond motifs is 2. The van der Waals surface area contributed by atoms with Gasteiger partial charge < -0.3 is 29.5 Å². The molecule has 0 unspecified atom stereocenters. The van der Waals surface area contributed by atoms with Crippen LogP contribution in [0.3, 0.4) is 0 Å². The van der Waals surface area contributed by atoms with E-state index < -0.39 is 31.6 Å². The summed E-state index contributed by atoms with van der Waals surface area (Å²) in [5, 5.41) is 17.6. The first-order chi connectivity index (χ1) is 30.4. The van der Waals surface area contributed by atoms with E-state index in [1.165, 1.54) is 12.1 Å². The smallest absolute Gasteiger partial charge is 0.331 e. The van der Waals surface area contributed by atoms with Crippen LogP contribution in [0.15, 0.2) is 128 Å². The number of rotatable bonds is 16. The van der Waals surface area contributed by atoms with Crippen molar-refractivity contribution in [2.24, 2.45) is 10.8 Å². The lowest BCUT2D eigenvalue weighted by molar-refractivity contribution is -0.132. The summed E-state index contributed by atoms with van der Waals surface area (Å²) in [4.78, 5) is 26.1. The number of anilines is 4. The Morgan fingerprint density at radius 2 is 0.984 bits per heavy atom. The molecule has 2 heterocycles. The van der Waals surface area contributed by atoms with E-state index in [1.54, 1.807) is 12.1 Å². The van der Waals surface area contributed by atoms with Gasteiger partial charge in [0.1, 0.15) is 11.5 Å². The predicted molar refractivity (Wildman–Crippen MR) is 259 cm³/mol. The molecule has 4 aromatic rings. The van der Waals surface area contributed by atoms with E-state index in [2.05, 4.69) is 69.4 Å². The zero-order chi connectivity index (χ0) is 46.7. The largest absolute Gasteiger partial charge is 0.478 e. The molecule has 2 aliphatic rings. The Morgan fingerprint density at radius 3 is 1.30 bits per heavy atom. The van der Waals surface area contributed by atoms with Gasteiger partial charge in [0.15, 0.2) is 19.7 Å². The number of carboxylic acid groups (broad SMARTS) is 2. The highest BCUT2D eigenvalue weighted by Gasteiger charge is 2.43. The third kappa shape index (κ3) is 12.4. The van der Waals surface area contributed by atoms with Crippen LogP contribution < -0.4 is 19.3 Å². The number of carboxylic acids is 2. The molecule has 12 nitrogen and oxygen atoms in total. The Labute approximate surface area is 394 Å². The number of benzene rings is 4. The highest BCUT2D eigenvalue weighted by Crippen LogP contribution is 2.48. The van der Waals surface area contributed by atoms with E-state index in [-0.39, 0.29) is 43.6 Å². The molecule has 0 amide bonds. The monoisotopic (exact) mass is 1040 g/mol. The van der Waals surface area contributed by atoms with Crippen LogP contribution in [0.1, 0.15) is 79.1 Å². The maximum absolute atomic E-state index is 13.6. The van der Waals surface area contributed by atoms with E-state index in [1.807, 2.05) is 60.7 Å². The first-order valence-electron chi connectivity index (χ1n) is 21.3. The third-order valence-electron chi connectivity index (χ3n) is 11.8. The van der Waals surface area contributed by atoms with Gasteiger partial charge in [0, 0.05) is 47.4 Å². The maximum atomic E-state index is 13.6. The van der Waals surface area contributed by atoms with Gasteiger partial charge >= 0.3 is 11.9 Å². The third-order valence-corrected chi connectivity index (χ3v) is 17.0. The molecule has 0 spiro atoms. The van der Waals surface area contributed by atoms with Crippen LogP contribution >= 0.6 is 31.9 Å². The minimum absolute atomic E-state index is 0.0544. The van der Waals surface area contributed by atoms with Gasteiger partial charge in [-0.2, -0.15) is 0 Å². The van der Waals surface area contributed by atoms with Crippen molar-refractivity contribution in [2.45, 2.75) is 88.9 Å². The van der Waals surface area contributed by atoms with Gasteiger partial charge in [-0.15, -0.1) is 0 Å². The molecule has 2 N–H and O–H groups in total. The fraction of sp³-hybridized carbons (Fsp3) is 0.375. The van der Waals surface area contributed by atoms with Crippen LogP contribution in [0.2, 0.25) is 0 Å². The molecule has 0 radical (unpaired) electrons. The van der Waals surface area contributed by atoms with Crippen molar-refractivity contribution in [3.8, 4) is 11.5 Å². The van der Waals surface area contributed by atoms with Crippen LogP contribution in [-0.4, -0.2) is 63.6 Å². The van der Waals surface area contributed by atoms with Gasteiger partial charge in [0.2, 0.25) is 0 Å². The standard InChI is InChI=1S/2C24H28BrNO5S/c2*1-3-5-12-24(4-2)16-26(18-9-7-6-8-10-18)20-14-19(25)21(31-13-11-23(27)28)15-22(20)32(29,30)17-24/h2*6-11,13-15H,3-5,12,16-17H2,1-2H3,(H,27,28)/b2*13-11+/t2*24-/m10/s1. The average Bonchev–Trinajstić information content (AvgIpc) is 3.42. The molecule has 64 heavy (non-hydrogen) atoms. The lowest BCUT2D eigenvalue weighted by atomic mass is 9.81. The topological polar surface area (TPSA) is 168 Å². The molecule has 2 aliphatic heterocycles. The molecule has 0 aromatic heterocycles. The summed E-state index contributed by atoms with van der Waals surface area (Å²) in [5.41, 5.74) is 2.24. The Kier molecular flexibility index (Phi) is 17.3. The molecular formula is C48H56Br2N2O10S2. The molecule has 16 heteroatoms. The highest BCUT2D eigenvalue weighted by atomic mass is 79.9. The number of hydrogen-bond donors (Lipinski definition) is 2. The summed E-state index contributed by atoms with van der Waals surface area (Å²) < 4.78 is 66.5. The zero-order valence-electron chi connectivity index (χ0n) is 36.5. The average molecular weight is 1040 g/mol. The van der Waals surface area contributed by atoms with Crippen LogP contribution in [0.5, 0.6) is 11.5 Å². The summed E-state index contributed by atoms with van der Waals surface area (Å²) in [5.74, 6) is -1.70. The second kappa shape index (κ2) is 22.0. The Balaban J connectivity index is 0.000000241. The normalized spacial score (nSPS) is 20.0. The Morgan fingerprint density at radius 1 is 0.625 bits per heavy atom. The minimum Gasteiger partial charge on any atom is -0.478 e. The zero-order valence-corrected chi connectivity index (χ0v) is 41.3. The highest BCUT2D eigenvalue weighted by molar-refractivity contribution is 9.11. The molecule has 344 valence electrons. The number of sulfone groups is 2. The summed E-state index contributed by atoms with van der Waals surface area (Å²) in [6.45, 7) is 9.53. The second-order valence-corrected chi connectivity index (χ2v) is 21.9. The number of para-hydroxylation sites is 2. The van der Waals surface area contributed by atoms with Gasteiger partial charge in [-0.3, -0.25) is 0 Å². The van der Waals surface area contributed by atoms with E-state index in [4.69, 9.17) is 19.7 Å². The predicted octanol–water partition coefficient (Wildman–Crippen LogP) is 11.9. The van der Waals surface area contributed by atoms with Crippen molar-refractivity contribution in [1.29, 1.82) is 0 Å². The second-order valence-electron chi connectivity index (χ2n) is 16.3. The van der Waals surface area contributed by atoms with E-state index in [0.717, 1.165) is 87.4 Å². The van der Waals surface area contributed by atoms with Gasteiger partial charge in [0.05, 0.1) is 66.3 Å². The van der Waals surface area contributed by atoms with Gasteiger partial charge in [0.25, 0.3) is 0 Å². The van der Waals surface area contributed by atoms with Crippen molar-refractivity contribution in [3.63, 3.8) is 0 Å². The van der Waals surface area contributed by atoms with Crippen molar-refractivity contribution in [1.82, 2.24) is 0 Å². The van der Waals surface area contributed by atoms with Gasteiger partial charge in [-0.1, -0.05) is 89.8 Å². The molecule has 0 fully saturated rings. The first-order valence-corrected chi connectivity index (χ1v) is 26.2.